The van der Waals surface area contributed by atoms with E-state index in [9.17, 15) is 0 Å². The number of fused-ring (bicyclic) bond motifs is 1. The van der Waals surface area contributed by atoms with Gasteiger partial charge >= 0.3 is 0 Å². The highest BCUT2D eigenvalue weighted by molar-refractivity contribution is 5.86. The van der Waals surface area contributed by atoms with Crippen molar-refractivity contribution >= 4 is 48.3 Å². The van der Waals surface area contributed by atoms with Gasteiger partial charge in [-0.05, 0) is 92.4 Å². The topological polar surface area (TPSA) is 62.4 Å². The molecule has 2 aromatic carbocycles. The molecule has 3 aliphatic rings. The van der Waals surface area contributed by atoms with Crippen molar-refractivity contribution in [3.05, 3.63) is 41.5 Å². The number of nitrogens with zero attached hydrogens (tertiary/aromatic N) is 2. The Kier molecular flexibility index (Phi) is 9.11. The summed E-state index contributed by atoms with van der Waals surface area (Å²) in [4.78, 5) is 11.2. The van der Waals surface area contributed by atoms with Crippen molar-refractivity contribution in [2.75, 3.05) is 40.4 Å². The summed E-state index contributed by atoms with van der Waals surface area (Å²) in [7, 11) is 3.32. The predicted octanol–water partition coefficient (Wildman–Crippen LogP) is 5.75. The van der Waals surface area contributed by atoms with Gasteiger partial charge in [0.25, 0.3) is 0 Å². The van der Waals surface area contributed by atoms with Gasteiger partial charge in [-0.2, -0.15) is 0 Å². The van der Waals surface area contributed by atoms with Crippen LogP contribution in [0.2, 0.25) is 0 Å². The van der Waals surface area contributed by atoms with Crippen LogP contribution in [0, 0.1) is 12.3 Å². The molecule has 3 fully saturated rings. The molecule has 36 heavy (non-hydrogen) atoms. The highest BCUT2D eigenvalue weighted by Gasteiger charge is 2.50. The average Bonchev–Trinajstić information content (AvgIpc) is 3.22. The van der Waals surface area contributed by atoms with Crippen LogP contribution >= 0.6 is 37.2 Å². The van der Waals surface area contributed by atoms with Crippen LogP contribution in [0.15, 0.2) is 30.3 Å². The maximum Gasteiger partial charge on any atom is 0.161 e. The van der Waals surface area contributed by atoms with Crippen molar-refractivity contribution in [1.29, 1.82) is 0 Å². The number of hydrogen-bond donors (Lipinski definition) is 2. The molecule has 6 nitrogen and oxygen atoms in total. The number of rotatable bonds is 5. The Hall–Kier alpha value is -1.70. The highest BCUT2D eigenvalue weighted by Crippen LogP contribution is 2.47. The molecule has 0 amide bonds. The maximum absolute atomic E-state index is 5.48. The van der Waals surface area contributed by atoms with Gasteiger partial charge in [-0.25, -0.2) is 4.98 Å². The molecule has 6 rings (SSSR count). The Bertz CT molecular complexity index is 1180. The van der Waals surface area contributed by atoms with Gasteiger partial charge in [-0.3, -0.25) is 0 Å². The molecule has 198 valence electrons. The number of aromatic amines is 1. The van der Waals surface area contributed by atoms with E-state index in [4.69, 9.17) is 14.5 Å². The van der Waals surface area contributed by atoms with Crippen LogP contribution < -0.4 is 14.8 Å². The first kappa shape index (κ1) is 28.9. The number of ether oxygens (including phenoxy) is 2. The highest BCUT2D eigenvalue weighted by atomic mass is 35.5. The third-order valence-corrected chi connectivity index (χ3v) is 8.31. The number of nitrogens with one attached hydrogen (secondary N) is 2. The van der Waals surface area contributed by atoms with Crippen molar-refractivity contribution in [3.63, 3.8) is 0 Å². The summed E-state index contributed by atoms with van der Waals surface area (Å²) >= 11 is 0. The van der Waals surface area contributed by atoms with E-state index in [2.05, 4.69) is 34.3 Å². The molecule has 0 atom stereocenters. The number of aryl methyl sites for hydroxylation is 1. The number of H-pyrrole nitrogens is 1. The number of hydrogen-bond acceptors (Lipinski definition) is 5. The van der Waals surface area contributed by atoms with Gasteiger partial charge < -0.3 is 24.7 Å². The molecule has 3 heterocycles. The minimum atomic E-state index is 0. The summed E-state index contributed by atoms with van der Waals surface area (Å²) in [5, 5.41) is 3.46. The maximum atomic E-state index is 5.48. The fourth-order valence-electron chi connectivity index (χ4n) is 6.24. The van der Waals surface area contributed by atoms with Crippen molar-refractivity contribution in [1.82, 2.24) is 20.2 Å². The number of piperidine rings is 1. The van der Waals surface area contributed by atoms with Gasteiger partial charge in [0.05, 0.1) is 25.3 Å². The molecule has 0 unspecified atom stereocenters. The molecule has 9 heteroatoms. The first-order chi connectivity index (χ1) is 16.1. The predicted molar refractivity (Wildman–Crippen MR) is 153 cm³/mol. The quantitative estimate of drug-likeness (QED) is 0.420. The lowest BCUT2D eigenvalue weighted by atomic mass is 9.61. The van der Waals surface area contributed by atoms with E-state index >= 15 is 0 Å². The van der Waals surface area contributed by atoms with Gasteiger partial charge in [0.15, 0.2) is 11.5 Å². The smallest absolute Gasteiger partial charge is 0.161 e. The normalized spacial score (nSPS) is 19.4. The van der Waals surface area contributed by atoms with Gasteiger partial charge in [0, 0.05) is 24.7 Å². The Labute approximate surface area is 232 Å². The fraction of sp³-hybridized carbons (Fsp3) is 0.519. The first-order valence-corrected chi connectivity index (χ1v) is 12.2. The monoisotopic (exact) mass is 554 g/mol. The Morgan fingerprint density at radius 2 is 1.64 bits per heavy atom. The zero-order chi connectivity index (χ0) is 22.6. The van der Waals surface area contributed by atoms with Gasteiger partial charge in [0.2, 0.25) is 0 Å². The van der Waals surface area contributed by atoms with Crippen molar-refractivity contribution in [3.8, 4) is 22.9 Å². The Morgan fingerprint density at radius 1 is 0.944 bits per heavy atom. The van der Waals surface area contributed by atoms with E-state index in [0.717, 1.165) is 34.2 Å². The number of benzene rings is 2. The molecule has 0 radical (unpaired) electrons. The third-order valence-electron chi connectivity index (χ3n) is 8.31. The Morgan fingerprint density at radius 3 is 2.25 bits per heavy atom. The molecule has 1 aromatic heterocycles. The lowest BCUT2D eigenvalue weighted by Gasteiger charge is -2.58. The summed E-state index contributed by atoms with van der Waals surface area (Å²) in [6.07, 6.45) is 5.32. The van der Waals surface area contributed by atoms with E-state index in [1.807, 2.05) is 18.2 Å². The van der Waals surface area contributed by atoms with E-state index in [1.54, 1.807) is 14.2 Å². The molecule has 1 spiro atoms. The molecular formula is C27H37Cl3N4O2. The van der Waals surface area contributed by atoms with E-state index < -0.39 is 0 Å². The van der Waals surface area contributed by atoms with Gasteiger partial charge in [-0.1, -0.05) is 6.07 Å². The first-order valence-electron chi connectivity index (χ1n) is 12.2. The lowest BCUT2D eigenvalue weighted by molar-refractivity contribution is -0.0432. The minimum absolute atomic E-state index is 0. The second-order valence-electron chi connectivity index (χ2n) is 10.4. The van der Waals surface area contributed by atoms with Crippen LogP contribution in [0.4, 0.5) is 0 Å². The van der Waals surface area contributed by atoms with E-state index in [0.29, 0.717) is 17.1 Å². The second kappa shape index (κ2) is 11.4. The average molecular weight is 556 g/mol. The molecule has 2 aliphatic heterocycles. The largest absolute Gasteiger partial charge is 0.493 e. The molecule has 1 aliphatic carbocycles. The summed E-state index contributed by atoms with van der Waals surface area (Å²) in [5.41, 5.74) is 6.53. The SMILES string of the molecule is COc1ccc(-c2nc3c(C)cc(C4CCN(C5CC6(CNC6)C5)CC4)cc3[nH]2)cc1OC.Cl.Cl.Cl. The van der Waals surface area contributed by atoms with Gasteiger partial charge in [0.1, 0.15) is 5.82 Å². The number of likely N-dealkylation sites (tertiary alicyclic amines) is 1. The van der Waals surface area contributed by atoms with Crippen LogP contribution in [0.5, 0.6) is 11.5 Å². The lowest BCUT2D eigenvalue weighted by Crippen LogP contribution is -2.65. The zero-order valence-electron chi connectivity index (χ0n) is 21.1. The van der Waals surface area contributed by atoms with Crippen LogP contribution in [-0.2, 0) is 0 Å². The third kappa shape index (κ3) is 5.03. The number of halogens is 3. The molecule has 3 aromatic rings. The molecular weight excluding hydrogens is 519 g/mol. The minimum Gasteiger partial charge on any atom is -0.493 e. The van der Waals surface area contributed by atoms with Crippen LogP contribution in [0.25, 0.3) is 22.4 Å². The van der Waals surface area contributed by atoms with Crippen molar-refractivity contribution < 1.29 is 9.47 Å². The standard InChI is InChI=1S/C27H34N4O2.3ClH/c1-17-10-20(18-6-8-31(9-7-18)21-13-27(14-21)15-28-16-27)11-22-25(17)30-26(29-22)19-4-5-23(32-2)24(12-19)33-3;;;/h4-5,10-12,18,21,28H,6-9,13-16H2,1-3H3,(H,29,30);3*1H. The summed E-state index contributed by atoms with van der Waals surface area (Å²) in [6.45, 7) is 7.13. The second-order valence-corrected chi connectivity index (χ2v) is 10.4. The molecule has 0 bridgehead atoms. The summed E-state index contributed by atoms with van der Waals surface area (Å²) in [5.74, 6) is 2.94. The molecule has 2 N–H and O–H groups in total. The summed E-state index contributed by atoms with van der Waals surface area (Å²) in [6, 6.07) is 11.5. The molecule has 1 saturated carbocycles. The van der Waals surface area contributed by atoms with E-state index in [-0.39, 0.29) is 37.2 Å². The molecule has 2 saturated heterocycles. The summed E-state index contributed by atoms with van der Waals surface area (Å²) < 4.78 is 10.9. The van der Waals surface area contributed by atoms with Crippen molar-refractivity contribution in [2.24, 2.45) is 5.41 Å². The number of aromatic nitrogens is 2. The number of imidazole rings is 1. The van der Waals surface area contributed by atoms with Crippen LogP contribution in [0.3, 0.4) is 0 Å². The number of methoxy groups -OCH3 is 2. The van der Waals surface area contributed by atoms with Gasteiger partial charge in [-0.15, -0.1) is 37.2 Å². The van der Waals surface area contributed by atoms with Crippen LogP contribution in [-0.4, -0.2) is 61.3 Å². The fourth-order valence-corrected chi connectivity index (χ4v) is 6.24. The van der Waals surface area contributed by atoms with Crippen molar-refractivity contribution in [2.45, 2.75) is 44.6 Å². The Balaban J connectivity index is 0.00000120. The van der Waals surface area contributed by atoms with Crippen LogP contribution in [0.1, 0.15) is 42.7 Å². The van der Waals surface area contributed by atoms with E-state index in [1.165, 1.54) is 63.0 Å². The zero-order valence-corrected chi connectivity index (χ0v) is 23.6.